The third-order valence-electron chi connectivity index (χ3n) is 4.63. The summed E-state index contributed by atoms with van der Waals surface area (Å²) in [6, 6.07) is 6.03. The Hall–Kier alpha value is -2.15. The fourth-order valence-electron chi connectivity index (χ4n) is 3.23. The molecule has 1 saturated heterocycles. The summed E-state index contributed by atoms with van der Waals surface area (Å²) in [6.45, 7) is 2.85. The largest absolute Gasteiger partial charge is 0.458 e. The van der Waals surface area contributed by atoms with Crippen LogP contribution < -0.4 is 5.32 Å². The van der Waals surface area contributed by atoms with Gasteiger partial charge < -0.3 is 14.6 Å². The summed E-state index contributed by atoms with van der Waals surface area (Å²) < 4.78 is 19.1. The molecule has 0 bridgehead atoms. The lowest BCUT2D eigenvalue weighted by atomic mass is 10.0. The third-order valence-corrected chi connectivity index (χ3v) is 5.05. The number of furan rings is 1. The quantitative estimate of drug-likeness (QED) is 0.802. The molecule has 1 aliphatic heterocycles. The molecule has 1 fully saturated rings. The third kappa shape index (κ3) is 4.33. The predicted molar refractivity (Wildman–Crippen MR) is 98.3 cm³/mol. The van der Waals surface area contributed by atoms with Gasteiger partial charge in [0.2, 0.25) is 5.91 Å². The summed E-state index contributed by atoms with van der Waals surface area (Å²) >= 11 is 3.24. The molecule has 1 atom stereocenters. The highest BCUT2D eigenvalue weighted by Crippen LogP contribution is 2.20. The van der Waals surface area contributed by atoms with Gasteiger partial charge >= 0.3 is 0 Å². The van der Waals surface area contributed by atoms with E-state index < -0.39 is 0 Å². The van der Waals surface area contributed by atoms with Crippen molar-refractivity contribution in [3.63, 3.8) is 0 Å². The van der Waals surface area contributed by atoms with Crippen LogP contribution in [0.25, 0.3) is 0 Å². The smallest absolute Gasteiger partial charge is 0.287 e. The van der Waals surface area contributed by atoms with Crippen LogP contribution >= 0.6 is 15.9 Å². The zero-order chi connectivity index (χ0) is 18.7. The van der Waals surface area contributed by atoms with E-state index in [1.165, 1.54) is 18.4 Å². The van der Waals surface area contributed by atoms with E-state index in [4.69, 9.17) is 4.42 Å². The molecular weight excluding hydrogens is 403 g/mol. The fourth-order valence-corrected chi connectivity index (χ4v) is 3.53. The Morgan fingerprint density at radius 2 is 2.19 bits per heavy atom. The minimum Gasteiger partial charge on any atom is -0.458 e. The summed E-state index contributed by atoms with van der Waals surface area (Å²) in [4.78, 5) is 26.6. The van der Waals surface area contributed by atoms with Crippen molar-refractivity contribution in [3.05, 3.63) is 57.7 Å². The van der Waals surface area contributed by atoms with Crippen molar-refractivity contribution in [2.24, 2.45) is 0 Å². The van der Waals surface area contributed by atoms with Crippen molar-refractivity contribution in [3.8, 4) is 0 Å². The molecule has 0 aliphatic carbocycles. The molecule has 1 aromatic carbocycles. The molecule has 3 rings (SSSR count). The van der Waals surface area contributed by atoms with E-state index >= 15 is 0 Å². The summed E-state index contributed by atoms with van der Waals surface area (Å²) in [5, 5.41) is 2.82. The predicted octanol–water partition coefficient (Wildman–Crippen LogP) is 3.45. The zero-order valence-corrected chi connectivity index (χ0v) is 16.0. The van der Waals surface area contributed by atoms with Gasteiger partial charge in [0.05, 0.1) is 10.9 Å². The number of carbonyl (C=O) groups excluding carboxylic acids is 2. The van der Waals surface area contributed by atoms with E-state index in [1.54, 1.807) is 24.0 Å². The highest BCUT2D eigenvalue weighted by molar-refractivity contribution is 9.10. The van der Waals surface area contributed by atoms with E-state index in [2.05, 4.69) is 21.2 Å². The Morgan fingerprint density at radius 3 is 2.88 bits per heavy atom. The first-order chi connectivity index (χ1) is 12.4. The van der Waals surface area contributed by atoms with Crippen molar-refractivity contribution >= 4 is 27.7 Å². The van der Waals surface area contributed by atoms with Crippen LogP contribution in [0.15, 0.2) is 39.4 Å². The Labute approximate surface area is 159 Å². The lowest BCUT2D eigenvalue weighted by molar-refractivity contribution is -0.131. The average molecular weight is 423 g/mol. The number of carbonyl (C=O) groups is 2. The molecule has 1 N–H and O–H groups in total. The first kappa shape index (κ1) is 18.6. The number of hydrogen-bond acceptors (Lipinski definition) is 3. The molecule has 0 spiro atoms. The van der Waals surface area contributed by atoms with Gasteiger partial charge in [0.15, 0.2) is 5.76 Å². The Bertz CT molecular complexity index is 821. The molecule has 7 heteroatoms. The summed E-state index contributed by atoms with van der Waals surface area (Å²) in [5.41, 5.74) is 1.59. The van der Waals surface area contributed by atoms with Crippen LogP contribution in [-0.2, 0) is 11.2 Å². The Balaban J connectivity index is 1.58. The molecular formula is C19H20BrFN2O3. The van der Waals surface area contributed by atoms with Crippen LogP contribution in [0.2, 0.25) is 0 Å². The van der Waals surface area contributed by atoms with Crippen molar-refractivity contribution in [2.75, 3.05) is 13.1 Å². The number of nitrogens with one attached hydrogen (secondary N) is 1. The van der Waals surface area contributed by atoms with Crippen LogP contribution in [0.4, 0.5) is 4.39 Å². The lowest BCUT2D eigenvalue weighted by Gasteiger charge is -2.25. The molecule has 2 aromatic rings. The Kier molecular flexibility index (Phi) is 5.76. The SMILES string of the molecule is Cc1cc(F)ccc1CC(=O)N1CCC[C@@H]1CNC(=O)c1cc(Br)co1. The van der Waals surface area contributed by atoms with Crippen molar-refractivity contribution in [1.29, 1.82) is 0 Å². The van der Waals surface area contributed by atoms with Crippen LogP contribution in [0, 0.1) is 12.7 Å². The molecule has 5 nitrogen and oxygen atoms in total. The number of amides is 2. The molecule has 1 aliphatic rings. The minimum absolute atomic E-state index is 0.00259. The van der Waals surface area contributed by atoms with E-state index in [0.29, 0.717) is 17.6 Å². The van der Waals surface area contributed by atoms with Gasteiger partial charge in [-0.1, -0.05) is 6.07 Å². The summed E-state index contributed by atoms with van der Waals surface area (Å²) in [6.07, 6.45) is 3.43. The summed E-state index contributed by atoms with van der Waals surface area (Å²) in [5.74, 6) is -0.374. The van der Waals surface area contributed by atoms with Crippen LogP contribution in [0.5, 0.6) is 0 Å². The normalized spacial score (nSPS) is 16.7. The topological polar surface area (TPSA) is 62.6 Å². The van der Waals surface area contributed by atoms with Crippen molar-refractivity contribution in [2.45, 2.75) is 32.2 Å². The summed E-state index contributed by atoms with van der Waals surface area (Å²) in [7, 11) is 0. The minimum atomic E-state index is -0.302. The first-order valence-electron chi connectivity index (χ1n) is 8.51. The fraction of sp³-hybridized carbons (Fsp3) is 0.368. The van der Waals surface area contributed by atoms with E-state index in [9.17, 15) is 14.0 Å². The number of likely N-dealkylation sites (tertiary alicyclic amines) is 1. The molecule has 138 valence electrons. The van der Waals surface area contributed by atoms with E-state index in [-0.39, 0.29) is 35.9 Å². The zero-order valence-electron chi connectivity index (χ0n) is 14.4. The van der Waals surface area contributed by atoms with Gasteiger partial charge in [-0.15, -0.1) is 0 Å². The second kappa shape index (κ2) is 8.03. The van der Waals surface area contributed by atoms with Gasteiger partial charge in [-0.2, -0.15) is 0 Å². The van der Waals surface area contributed by atoms with Gasteiger partial charge in [-0.3, -0.25) is 9.59 Å². The van der Waals surface area contributed by atoms with E-state index in [1.807, 2.05) is 0 Å². The molecule has 0 saturated carbocycles. The van der Waals surface area contributed by atoms with Gasteiger partial charge in [-0.05, 0) is 59.0 Å². The van der Waals surface area contributed by atoms with Gasteiger partial charge in [0.1, 0.15) is 12.1 Å². The van der Waals surface area contributed by atoms with Gasteiger partial charge in [0.25, 0.3) is 5.91 Å². The van der Waals surface area contributed by atoms with Crippen molar-refractivity contribution < 1.29 is 18.4 Å². The molecule has 0 radical (unpaired) electrons. The molecule has 2 heterocycles. The maximum absolute atomic E-state index is 13.2. The number of halogens is 2. The lowest BCUT2D eigenvalue weighted by Crippen LogP contribution is -2.43. The number of rotatable bonds is 5. The van der Waals surface area contributed by atoms with Gasteiger partial charge in [0, 0.05) is 25.2 Å². The maximum Gasteiger partial charge on any atom is 0.287 e. The monoisotopic (exact) mass is 422 g/mol. The first-order valence-corrected chi connectivity index (χ1v) is 9.30. The van der Waals surface area contributed by atoms with Crippen LogP contribution in [0.3, 0.4) is 0 Å². The average Bonchev–Trinajstić information content (AvgIpc) is 3.24. The second-order valence-electron chi connectivity index (χ2n) is 6.47. The molecule has 2 amide bonds. The molecule has 0 unspecified atom stereocenters. The molecule has 1 aromatic heterocycles. The van der Waals surface area contributed by atoms with Crippen molar-refractivity contribution in [1.82, 2.24) is 10.2 Å². The Morgan fingerprint density at radius 1 is 1.38 bits per heavy atom. The van der Waals surface area contributed by atoms with E-state index in [0.717, 1.165) is 24.0 Å². The number of aryl methyl sites for hydroxylation is 1. The highest BCUT2D eigenvalue weighted by atomic mass is 79.9. The van der Waals surface area contributed by atoms with Gasteiger partial charge in [-0.25, -0.2) is 4.39 Å². The highest BCUT2D eigenvalue weighted by Gasteiger charge is 2.29. The standard InChI is InChI=1S/C19H20BrFN2O3/c1-12-7-15(21)5-4-13(12)8-18(24)23-6-2-3-16(23)10-22-19(25)17-9-14(20)11-26-17/h4-5,7,9,11,16H,2-3,6,8,10H2,1H3,(H,22,25)/t16-/m1/s1. The number of nitrogens with zero attached hydrogens (tertiary/aromatic N) is 1. The number of benzene rings is 1. The van der Waals surface area contributed by atoms with Crippen LogP contribution in [0.1, 0.15) is 34.5 Å². The number of hydrogen-bond donors (Lipinski definition) is 1. The van der Waals surface area contributed by atoms with Crippen LogP contribution in [-0.4, -0.2) is 35.8 Å². The second-order valence-corrected chi connectivity index (χ2v) is 7.39. The maximum atomic E-state index is 13.2. The molecule has 26 heavy (non-hydrogen) atoms.